The van der Waals surface area contributed by atoms with Crippen molar-refractivity contribution >= 4 is 39.9 Å². The van der Waals surface area contributed by atoms with Crippen LogP contribution in [0.5, 0.6) is 0 Å². The summed E-state index contributed by atoms with van der Waals surface area (Å²) in [6.45, 7) is 3.63. The minimum absolute atomic E-state index is 0.0415. The Bertz CT molecular complexity index is 1530. The maximum absolute atomic E-state index is 13.6. The first-order valence-electron chi connectivity index (χ1n) is 10.8. The van der Waals surface area contributed by atoms with Crippen LogP contribution in [0.25, 0.3) is 22.2 Å². The molecule has 0 unspecified atom stereocenters. The Hall–Kier alpha value is -3.49. The molecule has 0 bridgehead atoms. The first kappa shape index (κ1) is 21.4. The van der Waals surface area contributed by atoms with Gasteiger partial charge in [0.25, 0.3) is 5.56 Å². The van der Waals surface area contributed by atoms with E-state index in [4.69, 9.17) is 10.7 Å². The number of nitrogens with two attached hydrogens (primary N) is 1. The second-order valence-corrected chi connectivity index (χ2v) is 8.79. The molecule has 1 fully saturated rings. The molecule has 3 aromatic heterocycles. The number of hydrogen-bond donors (Lipinski definition) is 1. The highest BCUT2D eigenvalue weighted by molar-refractivity contribution is 7.00. The quantitative estimate of drug-likeness (QED) is 0.446. The first-order valence-corrected chi connectivity index (χ1v) is 11.5. The smallest absolute Gasteiger partial charge is 0.332 e. The molecule has 33 heavy (non-hydrogen) atoms. The van der Waals surface area contributed by atoms with Crippen LogP contribution in [-0.4, -0.2) is 46.6 Å². The molecule has 11 heteroatoms. The van der Waals surface area contributed by atoms with Crippen LogP contribution in [0.1, 0.15) is 25.3 Å². The molecule has 1 atom stereocenters. The molecule has 0 radical (unpaired) electrons. The molecule has 10 nitrogen and oxygen atoms in total. The fourth-order valence-corrected chi connectivity index (χ4v) is 4.87. The Labute approximate surface area is 193 Å². The minimum atomic E-state index is -0.419. The molecule has 1 aliphatic heterocycles. The summed E-state index contributed by atoms with van der Waals surface area (Å²) >= 11 is 1.13. The van der Waals surface area contributed by atoms with Crippen LogP contribution in [0.3, 0.4) is 0 Å². The van der Waals surface area contributed by atoms with Gasteiger partial charge in [-0.2, -0.15) is 13.7 Å². The van der Waals surface area contributed by atoms with Gasteiger partial charge >= 0.3 is 5.69 Å². The molecule has 2 N–H and O–H groups in total. The number of imidazole rings is 1. The molecule has 4 aromatic rings. The van der Waals surface area contributed by atoms with E-state index in [-0.39, 0.29) is 18.1 Å². The van der Waals surface area contributed by atoms with Crippen molar-refractivity contribution in [2.45, 2.75) is 38.9 Å². The van der Waals surface area contributed by atoms with E-state index in [1.54, 1.807) is 14.0 Å². The molecule has 5 rings (SSSR count). The number of piperidine rings is 1. The van der Waals surface area contributed by atoms with Crippen LogP contribution < -0.4 is 21.9 Å². The molecule has 0 amide bonds. The maximum atomic E-state index is 13.6. The molecule has 0 saturated carbocycles. The Balaban J connectivity index is 1.68. The van der Waals surface area contributed by atoms with E-state index in [0.29, 0.717) is 30.2 Å². The third-order valence-corrected chi connectivity index (χ3v) is 6.58. The summed E-state index contributed by atoms with van der Waals surface area (Å²) in [4.78, 5) is 33.6. The number of anilines is 1. The number of rotatable bonds is 4. The van der Waals surface area contributed by atoms with Crippen molar-refractivity contribution in [1.82, 2.24) is 27.4 Å². The summed E-state index contributed by atoms with van der Waals surface area (Å²) in [5.74, 6) is 6.57. The van der Waals surface area contributed by atoms with Gasteiger partial charge in [-0.3, -0.25) is 18.5 Å². The number of aryl methyl sites for hydroxylation is 1. The number of aromatic nitrogens is 6. The predicted molar refractivity (Wildman–Crippen MR) is 129 cm³/mol. The topological polar surface area (TPSA) is 117 Å². The monoisotopic (exact) mass is 464 g/mol. The summed E-state index contributed by atoms with van der Waals surface area (Å²) in [6, 6.07) is 5.61. The molecule has 0 aliphatic carbocycles. The fraction of sp³-hybridized carbons (Fsp3) is 0.409. The van der Waals surface area contributed by atoms with Gasteiger partial charge in [-0.1, -0.05) is 12.0 Å². The fourth-order valence-electron chi connectivity index (χ4n) is 4.35. The predicted octanol–water partition coefficient (Wildman–Crippen LogP) is 0.900. The van der Waals surface area contributed by atoms with Crippen molar-refractivity contribution in [2.75, 3.05) is 18.0 Å². The molecular weight excluding hydrogens is 440 g/mol. The lowest BCUT2D eigenvalue weighted by Gasteiger charge is -2.31. The second kappa shape index (κ2) is 8.46. The van der Waals surface area contributed by atoms with Gasteiger partial charge in [-0.25, -0.2) is 4.79 Å². The molecule has 170 valence electrons. The summed E-state index contributed by atoms with van der Waals surface area (Å²) in [5, 5.41) is 0. The van der Waals surface area contributed by atoms with Crippen molar-refractivity contribution in [3.63, 3.8) is 0 Å². The van der Waals surface area contributed by atoms with Gasteiger partial charge in [-0.15, -0.1) is 5.92 Å². The lowest BCUT2D eigenvalue weighted by Crippen LogP contribution is -2.44. The third-order valence-electron chi connectivity index (χ3n) is 6.03. The van der Waals surface area contributed by atoms with Crippen LogP contribution in [0, 0.1) is 11.8 Å². The Morgan fingerprint density at radius 2 is 2.03 bits per heavy atom. The molecular formula is C22H24N8O2S. The maximum Gasteiger partial charge on any atom is 0.332 e. The minimum Gasteiger partial charge on any atom is -0.341 e. The van der Waals surface area contributed by atoms with E-state index in [2.05, 4.69) is 25.5 Å². The average molecular weight is 465 g/mol. The molecule has 1 saturated heterocycles. The van der Waals surface area contributed by atoms with E-state index >= 15 is 0 Å². The van der Waals surface area contributed by atoms with E-state index in [0.717, 1.165) is 47.7 Å². The molecule has 1 aliphatic rings. The van der Waals surface area contributed by atoms with Gasteiger partial charge in [-0.05, 0) is 37.5 Å². The number of fused-ring (bicyclic) bond motifs is 2. The highest BCUT2D eigenvalue weighted by atomic mass is 32.1. The van der Waals surface area contributed by atoms with Crippen molar-refractivity contribution < 1.29 is 0 Å². The molecule has 4 heterocycles. The highest BCUT2D eigenvalue weighted by Crippen LogP contribution is 2.23. The normalized spacial score (nSPS) is 16.3. The Morgan fingerprint density at radius 3 is 2.82 bits per heavy atom. The Morgan fingerprint density at radius 1 is 1.21 bits per heavy atom. The summed E-state index contributed by atoms with van der Waals surface area (Å²) < 4.78 is 13.0. The van der Waals surface area contributed by atoms with Crippen LogP contribution in [0.15, 0.2) is 27.8 Å². The van der Waals surface area contributed by atoms with Crippen LogP contribution in [0.4, 0.5) is 5.95 Å². The molecule has 0 spiro atoms. The zero-order valence-electron chi connectivity index (χ0n) is 18.5. The van der Waals surface area contributed by atoms with Crippen molar-refractivity contribution in [1.29, 1.82) is 0 Å². The van der Waals surface area contributed by atoms with Gasteiger partial charge in [0.1, 0.15) is 11.0 Å². The summed E-state index contributed by atoms with van der Waals surface area (Å²) in [6.07, 6.45) is 1.90. The number of nitrogens with zero attached hydrogens (tertiary/aromatic N) is 7. The third kappa shape index (κ3) is 3.71. The van der Waals surface area contributed by atoms with Crippen LogP contribution in [-0.2, 0) is 20.1 Å². The second-order valence-electron chi connectivity index (χ2n) is 8.27. The Kier molecular flexibility index (Phi) is 5.47. The van der Waals surface area contributed by atoms with Crippen molar-refractivity contribution in [3.8, 4) is 11.8 Å². The lowest BCUT2D eigenvalue weighted by atomic mass is 10.1. The van der Waals surface area contributed by atoms with Crippen LogP contribution in [0.2, 0.25) is 0 Å². The van der Waals surface area contributed by atoms with Gasteiger partial charge in [0, 0.05) is 26.2 Å². The van der Waals surface area contributed by atoms with Gasteiger partial charge in [0.15, 0.2) is 11.2 Å². The van der Waals surface area contributed by atoms with Gasteiger partial charge < -0.3 is 10.6 Å². The summed E-state index contributed by atoms with van der Waals surface area (Å²) in [7, 11) is 1.64. The standard InChI is InChI=1S/C22H24N8O2S/c1-3-4-10-29-18-19(24-21(29)28-9-5-6-15(23)13-28)27(2)22(32)30(20(18)31)12-14-7-8-16-17(11-14)26-33-25-16/h7-8,11,15H,5-6,9-10,12-13,23H2,1-2H3/t15-/m1/s1. The number of hydrogen-bond acceptors (Lipinski definition) is 8. The highest BCUT2D eigenvalue weighted by Gasteiger charge is 2.26. The molecule has 1 aromatic carbocycles. The first-order chi connectivity index (χ1) is 16.0. The largest absolute Gasteiger partial charge is 0.341 e. The lowest BCUT2D eigenvalue weighted by molar-refractivity contribution is 0.496. The van der Waals surface area contributed by atoms with E-state index in [1.807, 2.05) is 22.8 Å². The summed E-state index contributed by atoms with van der Waals surface area (Å²) in [5.41, 5.74) is 8.45. The SMILES string of the molecule is CC#CCn1c(N2CCC[C@@H](N)C2)nc2c1c(=O)n(Cc1ccc3nsnc3c1)c(=O)n2C. The van der Waals surface area contributed by atoms with Gasteiger partial charge in [0.05, 0.1) is 24.8 Å². The van der Waals surface area contributed by atoms with E-state index < -0.39 is 5.69 Å². The van der Waals surface area contributed by atoms with E-state index in [9.17, 15) is 9.59 Å². The van der Waals surface area contributed by atoms with Crippen LogP contribution >= 0.6 is 11.7 Å². The van der Waals surface area contributed by atoms with Crippen molar-refractivity contribution in [2.24, 2.45) is 12.8 Å². The zero-order valence-corrected chi connectivity index (χ0v) is 19.3. The van der Waals surface area contributed by atoms with Crippen molar-refractivity contribution in [3.05, 3.63) is 44.6 Å². The average Bonchev–Trinajstić information content (AvgIpc) is 3.43. The zero-order chi connectivity index (χ0) is 23.1. The van der Waals surface area contributed by atoms with E-state index in [1.165, 1.54) is 9.13 Å². The van der Waals surface area contributed by atoms with Gasteiger partial charge in [0.2, 0.25) is 5.95 Å². The number of benzene rings is 1.